The van der Waals surface area contributed by atoms with Crippen LogP contribution in [-0.2, 0) is 0 Å². The Morgan fingerprint density at radius 3 is 2.30 bits per heavy atom. The molecule has 106 valence electrons. The average molecular weight is 335 g/mol. The summed E-state index contributed by atoms with van der Waals surface area (Å²) in [6.07, 6.45) is -0.565. The van der Waals surface area contributed by atoms with Crippen LogP contribution >= 0.6 is 15.9 Å². The van der Waals surface area contributed by atoms with Crippen LogP contribution in [0.2, 0.25) is 0 Å². The number of rotatable bonds is 4. The Morgan fingerprint density at radius 1 is 0.950 bits per heavy atom. The highest BCUT2D eigenvalue weighted by Gasteiger charge is 2.13. The van der Waals surface area contributed by atoms with Crippen LogP contribution in [0.5, 0.6) is 11.5 Å². The molecule has 3 heteroatoms. The quantitative estimate of drug-likeness (QED) is 0.809. The molecule has 0 aliphatic heterocycles. The Labute approximate surface area is 128 Å². The van der Waals surface area contributed by atoms with E-state index in [0.29, 0.717) is 11.7 Å². The van der Waals surface area contributed by atoms with E-state index in [1.54, 1.807) is 6.92 Å². The molecule has 0 aromatic heterocycles. The number of hydrogen-bond donors (Lipinski definition) is 1. The third-order valence-corrected chi connectivity index (χ3v) is 3.68. The van der Waals surface area contributed by atoms with Crippen molar-refractivity contribution in [1.82, 2.24) is 0 Å². The van der Waals surface area contributed by atoms with Gasteiger partial charge in [-0.15, -0.1) is 0 Å². The molecule has 0 aliphatic carbocycles. The lowest BCUT2D eigenvalue weighted by Crippen LogP contribution is -1.99. The van der Waals surface area contributed by atoms with Gasteiger partial charge >= 0.3 is 0 Å². The molecule has 1 atom stereocenters. The minimum atomic E-state index is -0.565. The lowest BCUT2D eigenvalue weighted by Gasteiger charge is -2.17. The number of aliphatic hydroxyl groups is 1. The fraction of sp³-hybridized carbons (Fsp3) is 0.294. The first-order valence-corrected chi connectivity index (χ1v) is 7.52. The van der Waals surface area contributed by atoms with Crippen LogP contribution in [0.15, 0.2) is 46.9 Å². The molecule has 1 N–H and O–H groups in total. The Bertz CT molecular complexity index is 591. The summed E-state index contributed by atoms with van der Waals surface area (Å²) in [6, 6.07) is 13.7. The number of benzene rings is 2. The minimum absolute atomic E-state index is 0.383. The Hall–Kier alpha value is -1.32. The number of halogens is 1. The largest absolute Gasteiger partial charge is 0.457 e. The second-order valence-corrected chi connectivity index (χ2v) is 6.07. The van der Waals surface area contributed by atoms with E-state index in [-0.39, 0.29) is 0 Å². The summed E-state index contributed by atoms with van der Waals surface area (Å²) in [5, 5.41) is 9.86. The van der Waals surface area contributed by atoms with Gasteiger partial charge in [-0.05, 0) is 36.6 Å². The van der Waals surface area contributed by atoms with Crippen LogP contribution in [-0.4, -0.2) is 5.11 Å². The molecule has 2 aromatic rings. The monoisotopic (exact) mass is 334 g/mol. The van der Waals surface area contributed by atoms with Gasteiger partial charge in [0.25, 0.3) is 0 Å². The van der Waals surface area contributed by atoms with E-state index < -0.39 is 6.10 Å². The second-order valence-electron chi connectivity index (χ2n) is 5.15. The molecule has 0 heterocycles. The van der Waals surface area contributed by atoms with Crippen LogP contribution in [0, 0.1) is 0 Å². The van der Waals surface area contributed by atoms with Crippen molar-refractivity contribution >= 4 is 15.9 Å². The Kier molecular flexibility index (Phi) is 4.84. The number of para-hydroxylation sites is 1. The molecule has 0 spiro atoms. The van der Waals surface area contributed by atoms with Crippen molar-refractivity contribution in [2.45, 2.75) is 32.8 Å². The molecule has 0 saturated carbocycles. The fourth-order valence-electron chi connectivity index (χ4n) is 2.11. The molecule has 1 unspecified atom stereocenters. The van der Waals surface area contributed by atoms with E-state index in [4.69, 9.17) is 4.74 Å². The molecule has 2 nitrogen and oxygen atoms in total. The molecule has 0 bridgehead atoms. The van der Waals surface area contributed by atoms with Gasteiger partial charge in [-0.25, -0.2) is 0 Å². The van der Waals surface area contributed by atoms with Crippen LogP contribution in [0.3, 0.4) is 0 Å². The highest BCUT2D eigenvalue weighted by Crippen LogP contribution is 2.35. The lowest BCUT2D eigenvalue weighted by molar-refractivity contribution is 0.195. The van der Waals surface area contributed by atoms with E-state index in [2.05, 4.69) is 35.8 Å². The van der Waals surface area contributed by atoms with Crippen LogP contribution in [0.25, 0.3) is 0 Å². The van der Waals surface area contributed by atoms with Crippen molar-refractivity contribution in [3.8, 4) is 11.5 Å². The molecular formula is C17H19BrO2. The van der Waals surface area contributed by atoms with Gasteiger partial charge in [0.1, 0.15) is 11.5 Å². The molecule has 20 heavy (non-hydrogen) atoms. The van der Waals surface area contributed by atoms with Crippen LogP contribution < -0.4 is 4.74 Å². The van der Waals surface area contributed by atoms with Crippen molar-refractivity contribution in [3.63, 3.8) is 0 Å². The first-order chi connectivity index (χ1) is 9.49. The summed E-state index contributed by atoms with van der Waals surface area (Å²) in [7, 11) is 0. The third kappa shape index (κ3) is 3.41. The topological polar surface area (TPSA) is 29.5 Å². The zero-order valence-electron chi connectivity index (χ0n) is 11.9. The van der Waals surface area contributed by atoms with Crippen molar-refractivity contribution in [1.29, 1.82) is 0 Å². The van der Waals surface area contributed by atoms with Gasteiger partial charge in [-0.3, -0.25) is 0 Å². The van der Waals surface area contributed by atoms with E-state index in [1.807, 2.05) is 36.4 Å². The molecular weight excluding hydrogens is 316 g/mol. The molecule has 0 saturated heterocycles. The normalized spacial score (nSPS) is 12.5. The smallest absolute Gasteiger partial charge is 0.134 e. The van der Waals surface area contributed by atoms with Crippen molar-refractivity contribution in [3.05, 3.63) is 58.1 Å². The van der Waals surface area contributed by atoms with Crippen molar-refractivity contribution in [2.75, 3.05) is 0 Å². The average Bonchev–Trinajstić information content (AvgIpc) is 2.38. The van der Waals surface area contributed by atoms with E-state index >= 15 is 0 Å². The lowest BCUT2D eigenvalue weighted by atomic mass is 10.0. The minimum Gasteiger partial charge on any atom is -0.457 e. The van der Waals surface area contributed by atoms with Gasteiger partial charge in [0, 0.05) is 10.0 Å². The molecule has 2 rings (SSSR count). The maximum atomic E-state index is 9.86. The Balaban J connectivity index is 2.42. The maximum Gasteiger partial charge on any atom is 0.134 e. The van der Waals surface area contributed by atoms with Gasteiger partial charge in [-0.1, -0.05) is 54.0 Å². The summed E-state index contributed by atoms with van der Waals surface area (Å²) in [5.74, 6) is 1.90. The van der Waals surface area contributed by atoms with Gasteiger partial charge in [0.2, 0.25) is 0 Å². The zero-order valence-corrected chi connectivity index (χ0v) is 13.5. The predicted molar refractivity (Wildman–Crippen MR) is 85.4 cm³/mol. The molecule has 2 aromatic carbocycles. The summed E-state index contributed by atoms with van der Waals surface area (Å²) in [4.78, 5) is 0. The summed E-state index contributed by atoms with van der Waals surface area (Å²) < 4.78 is 6.98. The summed E-state index contributed by atoms with van der Waals surface area (Å²) >= 11 is 3.44. The third-order valence-electron chi connectivity index (χ3n) is 3.19. The van der Waals surface area contributed by atoms with E-state index in [1.165, 1.54) is 0 Å². The van der Waals surface area contributed by atoms with E-state index in [0.717, 1.165) is 21.3 Å². The fourth-order valence-corrected chi connectivity index (χ4v) is 2.45. The highest BCUT2D eigenvalue weighted by molar-refractivity contribution is 9.10. The molecule has 0 aliphatic rings. The first kappa shape index (κ1) is 15.1. The number of hydrogen-bond acceptors (Lipinski definition) is 2. The summed E-state index contributed by atoms with van der Waals surface area (Å²) in [6.45, 7) is 6.02. The standard InChI is InChI=1S/C17H19BrO2/c1-11(2)14-6-4-5-7-16(14)20-17-10-13(18)8-9-15(17)12(3)19/h4-12,19H,1-3H3. The van der Waals surface area contributed by atoms with Gasteiger partial charge in [-0.2, -0.15) is 0 Å². The maximum absolute atomic E-state index is 9.86. The Morgan fingerprint density at radius 2 is 1.65 bits per heavy atom. The SMILES string of the molecule is CC(C)c1ccccc1Oc1cc(Br)ccc1C(C)O. The van der Waals surface area contributed by atoms with Crippen molar-refractivity contribution in [2.24, 2.45) is 0 Å². The van der Waals surface area contributed by atoms with Gasteiger partial charge < -0.3 is 9.84 Å². The number of aliphatic hydroxyl groups excluding tert-OH is 1. The zero-order chi connectivity index (χ0) is 14.7. The first-order valence-electron chi connectivity index (χ1n) is 6.73. The van der Waals surface area contributed by atoms with E-state index in [9.17, 15) is 5.11 Å². The molecule has 0 radical (unpaired) electrons. The summed E-state index contributed by atoms with van der Waals surface area (Å²) in [5.41, 5.74) is 1.94. The van der Waals surface area contributed by atoms with Crippen LogP contribution in [0.1, 0.15) is 43.9 Å². The van der Waals surface area contributed by atoms with Gasteiger partial charge in [0.05, 0.1) is 6.10 Å². The molecule has 0 amide bonds. The second kappa shape index (κ2) is 6.42. The number of ether oxygens (including phenoxy) is 1. The highest BCUT2D eigenvalue weighted by atomic mass is 79.9. The van der Waals surface area contributed by atoms with Gasteiger partial charge in [0.15, 0.2) is 0 Å². The predicted octanol–water partition coefficient (Wildman–Crippen LogP) is 5.42. The molecule has 0 fully saturated rings. The van der Waals surface area contributed by atoms with Crippen molar-refractivity contribution < 1.29 is 9.84 Å². The van der Waals surface area contributed by atoms with Crippen LogP contribution in [0.4, 0.5) is 0 Å².